The van der Waals surface area contributed by atoms with Crippen molar-refractivity contribution in [3.05, 3.63) is 40.7 Å². The van der Waals surface area contributed by atoms with Gasteiger partial charge >= 0.3 is 6.18 Å². The fourth-order valence-electron chi connectivity index (χ4n) is 2.84. The van der Waals surface area contributed by atoms with E-state index in [1.54, 1.807) is 19.1 Å². The van der Waals surface area contributed by atoms with Crippen molar-refractivity contribution in [3.8, 4) is 5.75 Å². The van der Waals surface area contributed by atoms with Crippen molar-refractivity contribution in [2.75, 3.05) is 12.4 Å². The first kappa shape index (κ1) is 21.7. The highest BCUT2D eigenvalue weighted by Gasteiger charge is 2.34. The van der Waals surface area contributed by atoms with Gasteiger partial charge in [0, 0.05) is 11.8 Å². The Morgan fingerprint density at radius 2 is 1.96 bits per heavy atom. The van der Waals surface area contributed by atoms with Crippen LogP contribution in [0.4, 0.5) is 24.8 Å². The number of nitrogens with one attached hydrogen (secondary N) is 1. The van der Waals surface area contributed by atoms with Gasteiger partial charge in [0.05, 0.1) is 24.1 Å². The first-order valence-corrected chi connectivity index (χ1v) is 9.14. The number of hydrogen-bond donors (Lipinski definition) is 1. The zero-order valence-corrected chi connectivity index (χ0v) is 16.2. The molecule has 0 atom stereocenters. The van der Waals surface area contributed by atoms with Gasteiger partial charge in [-0.3, -0.25) is 4.79 Å². The Bertz CT molecular complexity index is 823. The van der Waals surface area contributed by atoms with Crippen LogP contribution in [0, 0.1) is 6.92 Å². The number of carbonyl (C=O) groups excluding carboxylic acids is 1. The SMILES string of the molecule is CCCCCCc1nc(Nc2cc(C)c(C=O)cc2OC)ncc1C(F)(F)F. The van der Waals surface area contributed by atoms with E-state index in [2.05, 4.69) is 15.3 Å². The molecule has 0 radical (unpaired) electrons. The van der Waals surface area contributed by atoms with Gasteiger partial charge in [-0.15, -0.1) is 0 Å². The average molecular weight is 395 g/mol. The molecule has 0 saturated heterocycles. The molecule has 0 aliphatic carbocycles. The molecule has 0 spiro atoms. The molecule has 5 nitrogen and oxygen atoms in total. The van der Waals surface area contributed by atoms with Crippen LogP contribution in [-0.2, 0) is 12.6 Å². The maximum absolute atomic E-state index is 13.3. The fraction of sp³-hybridized carbons (Fsp3) is 0.450. The molecule has 2 aromatic rings. The van der Waals surface area contributed by atoms with E-state index in [4.69, 9.17) is 4.74 Å². The predicted octanol–water partition coefficient (Wildman–Crippen LogP) is 5.49. The minimum Gasteiger partial charge on any atom is -0.495 e. The number of anilines is 2. The number of carbonyl (C=O) groups is 1. The van der Waals surface area contributed by atoms with Gasteiger partial charge in [-0.1, -0.05) is 26.2 Å². The summed E-state index contributed by atoms with van der Waals surface area (Å²) >= 11 is 0. The second kappa shape index (κ2) is 9.52. The molecule has 0 bridgehead atoms. The van der Waals surface area contributed by atoms with Crippen LogP contribution in [0.3, 0.4) is 0 Å². The smallest absolute Gasteiger partial charge is 0.419 e. The Hall–Kier alpha value is -2.64. The predicted molar refractivity (Wildman–Crippen MR) is 101 cm³/mol. The first-order chi connectivity index (χ1) is 13.3. The minimum absolute atomic E-state index is 0.0266. The van der Waals surface area contributed by atoms with E-state index in [1.165, 1.54) is 7.11 Å². The molecular formula is C20H24F3N3O2. The molecule has 28 heavy (non-hydrogen) atoms. The second-order valence-electron chi connectivity index (χ2n) is 6.51. The molecule has 0 aliphatic heterocycles. The molecule has 0 saturated carbocycles. The minimum atomic E-state index is -4.50. The summed E-state index contributed by atoms with van der Waals surface area (Å²) in [6, 6.07) is 3.23. The van der Waals surface area contributed by atoms with Gasteiger partial charge in [0.25, 0.3) is 0 Å². The van der Waals surface area contributed by atoms with Gasteiger partial charge in [-0.25, -0.2) is 9.97 Å². The molecule has 8 heteroatoms. The Morgan fingerprint density at radius 1 is 1.21 bits per heavy atom. The van der Waals surface area contributed by atoms with Crippen LogP contribution in [0.2, 0.25) is 0 Å². The summed E-state index contributed by atoms with van der Waals surface area (Å²) in [6.07, 6.45) is 0.694. The van der Waals surface area contributed by atoms with Crippen molar-refractivity contribution in [3.63, 3.8) is 0 Å². The zero-order chi connectivity index (χ0) is 20.7. The number of rotatable bonds is 9. The summed E-state index contributed by atoms with van der Waals surface area (Å²) in [4.78, 5) is 19.0. The maximum atomic E-state index is 13.3. The van der Waals surface area contributed by atoms with Gasteiger partial charge in [-0.2, -0.15) is 13.2 Å². The molecule has 152 valence electrons. The highest BCUT2D eigenvalue weighted by atomic mass is 19.4. The summed E-state index contributed by atoms with van der Waals surface area (Å²) in [5.74, 6) is 0.427. The molecule has 0 aliphatic rings. The van der Waals surface area contributed by atoms with E-state index in [0.717, 1.165) is 25.5 Å². The third-order valence-corrected chi connectivity index (χ3v) is 4.40. The lowest BCUT2D eigenvalue weighted by Gasteiger charge is -2.15. The normalized spacial score (nSPS) is 11.4. The molecule has 1 aromatic carbocycles. The Morgan fingerprint density at radius 3 is 2.57 bits per heavy atom. The van der Waals surface area contributed by atoms with Crippen LogP contribution >= 0.6 is 0 Å². The third-order valence-electron chi connectivity index (χ3n) is 4.40. The van der Waals surface area contributed by atoms with Crippen LogP contribution in [0.5, 0.6) is 5.75 Å². The number of unbranched alkanes of at least 4 members (excludes halogenated alkanes) is 3. The Labute approximate surface area is 162 Å². The quantitative estimate of drug-likeness (QED) is 0.449. The topological polar surface area (TPSA) is 64.1 Å². The maximum Gasteiger partial charge on any atom is 0.419 e. The molecule has 1 heterocycles. The number of benzene rings is 1. The Balaban J connectivity index is 2.33. The van der Waals surface area contributed by atoms with Crippen molar-refractivity contribution >= 4 is 17.9 Å². The van der Waals surface area contributed by atoms with Crippen molar-refractivity contribution in [1.29, 1.82) is 0 Å². The average Bonchev–Trinajstić information content (AvgIpc) is 2.65. The van der Waals surface area contributed by atoms with Gasteiger partial charge in [0.15, 0.2) is 0 Å². The summed E-state index contributed by atoms with van der Waals surface area (Å²) in [5.41, 5.74) is 0.801. The van der Waals surface area contributed by atoms with E-state index >= 15 is 0 Å². The summed E-state index contributed by atoms with van der Waals surface area (Å²) < 4.78 is 45.1. The fourth-order valence-corrected chi connectivity index (χ4v) is 2.84. The van der Waals surface area contributed by atoms with Crippen molar-refractivity contribution in [2.45, 2.75) is 52.1 Å². The molecule has 0 unspecified atom stereocenters. The molecular weight excluding hydrogens is 371 g/mol. The van der Waals surface area contributed by atoms with E-state index < -0.39 is 11.7 Å². The monoisotopic (exact) mass is 395 g/mol. The lowest BCUT2D eigenvalue weighted by atomic mass is 10.1. The van der Waals surface area contributed by atoms with E-state index in [-0.39, 0.29) is 18.1 Å². The number of hydrogen-bond acceptors (Lipinski definition) is 5. The highest BCUT2D eigenvalue weighted by Crippen LogP contribution is 2.33. The first-order valence-electron chi connectivity index (χ1n) is 9.14. The highest BCUT2D eigenvalue weighted by molar-refractivity contribution is 5.81. The summed E-state index contributed by atoms with van der Waals surface area (Å²) in [5, 5.41) is 2.91. The van der Waals surface area contributed by atoms with Crippen LogP contribution in [0.15, 0.2) is 18.3 Å². The number of alkyl halides is 3. The molecule has 1 N–H and O–H groups in total. The van der Waals surface area contributed by atoms with Crippen molar-refractivity contribution in [1.82, 2.24) is 9.97 Å². The second-order valence-corrected chi connectivity index (χ2v) is 6.51. The van der Waals surface area contributed by atoms with E-state index in [0.29, 0.717) is 35.3 Å². The number of halogens is 3. The van der Waals surface area contributed by atoms with Crippen molar-refractivity contribution < 1.29 is 22.7 Å². The van der Waals surface area contributed by atoms with Crippen LogP contribution in [0.1, 0.15) is 59.8 Å². The summed E-state index contributed by atoms with van der Waals surface area (Å²) in [7, 11) is 1.44. The largest absolute Gasteiger partial charge is 0.495 e. The molecule has 2 rings (SSSR count). The number of nitrogens with zero attached hydrogens (tertiary/aromatic N) is 2. The van der Waals surface area contributed by atoms with Gasteiger partial charge < -0.3 is 10.1 Å². The van der Waals surface area contributed by atoms with Crippen LogP contribution < -0.4 is 10.1 Å². The third kappa shape index (κ3) is 5.43. The van der Waals surface area contributed by atoms with E-state index in [1.807, 2.05) is 6.92 Å². The Kier molecular flexibility index (Phi) is 7.37. The molecule has 1 aromatic heterocycles. The van der Waals surface area contributed by atoms with Gasteiger partial charge in [0.2, 0.25) is 5.95 Å². The number of aryl methyl sites for hydroxylation is 2. The van der Waals surface area contributed by atoms with Crippen molar-refractivity contribution in [2.24, 2.45) is 0 Å². The zero-order valence-electron chi connectivity index (χ0n) is 16.2. The van der Waals surface area contributed by atoms with Crippen LogP contribution in [0.25, 0.3) is 0 Å². The molecule has 0 amide bonds. The number of aromatic nitrogens is 2. The van der Waals surface area contributed by atoms with E-state index in [9.17, 15) is 18.0 Å². The lowest BCUT2D eigenvalue weighted by molar-refractivity contribution is -0.138. The standard InChI is InChI=1S/C20H24F3N3O2/c1-4-5-6-7-8-16-15(20(21,22)23)11-24-19(25-16)26-17-9-13(2)14(12-27)10-18(17)28-3/h9-12H,4-8H2,1-3H3,(H,24,25,26). The number of methoxy groups -OCH3 is 1. The number of aldehydes is 1. The van der Waals surface area contributed by atoms with Crippen LogP contribution in [-0.4, -0.2) is 23.4 Å². The van der Waals surface area contributed by atoms with Gasteiger partial charge in [-0.05, 0) is 37.5 Å². The molecule has 0 fully saturated rings. The number of ether oxygens (including phenoxy) is 1. The van der Waals surface area contributed by atoms with Gasteiger partial charge in [0.1, 0.15) is 12.0 Å². The lowest BCUT2D eigenvalue weighted by Crippen LogP contribution is -2.13. The summed E-state index contributed by atoms with van der Waals surface area (Å²) in [6.45, 7) is 3.79.